The SMILES string of the molecule is Cc1cnc(NC2CCCc3ccc(F)cc32)nc1. The zero-order valence-electron chi connectivity index (χ0n) is 10.9. The molecule has 1 aromatic heterocycles. The van der Waals surface area contributed by atoms with Crippen molar-refractivity contribution in [3.63, 3.8) is 0 Å². The molecule has 0 fully saturated rings. The molecular weight excluding hydrogens is 241 g/mol. The Bertz CT molecular complexity index is 580. The fraction of sp³-hybridized carbons (Fsp3) is 0.333. The van der Waals surface area contributed by atoms with Crippen molar-refractivity contribution in [3.05, 3.63) is 53.1 Å². The van der Waals surface area contributed by atoms with Crippen LogP contribution in [0.5, 0.6) is 0 Å². The molecule has 98 valence electrons. The molecule has 3 rings (SSSR count). The minimum Gasteiger partial charge on any atom is -0.347 e. The third-order valence-corrected chi connectivity index (χ3v) is 3.51. The van der Waals surface area contributed by atoms with Crippen molar-refractivity contribution >= 4 is 5.95 Å². The summed E-state index contributed by atoms with van der Waals surface area (Å²) in [5.74, 6) is 0.421. The van der Waals surface area contributed by atoms with E-state index < -0.39 is 0 Å². The monoisotopic (exact) mass is 257 g/mol. The summed E-state index contributed by atoms with van der Waals surface area (Å²) in [6, 6.07) is 5.14. The van der Waals surface area contributed by atoms with Gasteiger partial charge in [-0.15, -0.1) is 0 Å². The lowest BCUT2D eigenvalue weighted by atomic mass is 9.87. The first kappa shape index (κ1) is 12.1. The van der Waals surface area contributed by atoms with Crippen LogP contribution in [0, 0.1) is 12.7 Å². The highest BCUT2D eigenvalue weighted by Gasteiger charge is 2.21. The summed E-state index contributed by atoms with van der Waals surface area (Å²) in [5, 5.41) is 3.30. The predicted octanol–water partition coefficient (Wildman–Crippen LogP) is 3.41. The van der Waals surface area contributed by atoms with Crippen LogP contribution in [0.1, 0.15) is 35.6 Å². The predicted molar refractivity (Wildman–Crippen MR) is 72.5 cm³/mol. The average Bonchev–Trinajstić information content (AvgIpc) is 2.42. The molecule has 1 unspecified atom stereocenters. The molecule has 1 aliphatic carbocycles. The second-order valence-corrected chi connectivity index (χ2v) is 5.02. The highest BCUT2D eigenvalue weighted by Crippen LogP contribution is 2.32. The summed E-state index contributed by atoms with van der Waals surface area (Å²) in [4.78, 5) is 8.50. The van der Waals surface area contributed by atoms with Gasteiger partial charge < -0.3 is 5.32 Å². The topological polar surface area (TPSA) is 37.8 Å². The number of fused-ring (bicyclic) bond motifs is 1. The maximum absolute atomic E-state index is 13.4. The first-order valence-electron chi connectivity index (χ1n) is 6.56. The van der Waals surface area contributed by atoms with Crippen molar-refractivity contribution in [2.75, 3.05) is 5.32 Å². The molecule has 1 atom stereocenters. The van der Waals surface area contributed by atoms with Crippen molar-refractivity contribution < 1.29 is 4.39 Å². The fourth-order valence-electron chi connectivity index (χ4n) is 2.54. The first-order valence-corrected chi connectivity index (χ1v) is 6.56. The Morgan fingerprint density at radius 1 is 1.26 bits per heavy atom. The quantitative estimate of drug-likeness (QED) is 0.895. The summed E-state index contributed by atoms with van der Waals surface area (Å²) in [6.07, 6.45) is 6.66. The molecule has 1 aliphatic rings. The molecule has 3 nitrogen and oxygen atoms in total. The third-order valence-electron chi connectivity index (χ3n) is 3.51. The van der Waals surface area contributed by atoms with Gasteiger partial charge in [0.2, 0.25) is 5.95 Å². The Labute approximate surface area is 111 Å². The maximum Gasteiger partial charge on any atom is 0.223 e. The molecule has 2 aromatic rings. The molecule has 0 aliphatic heterocycles. The summed E-state index contributed by atoms with van der Waals surface area (Å²) in [5.41, 5.74) is 3.29. The molecule has 0 bridgehead atoms. The van der Waals surface area contributed by atoms with Gasteiger partial charge in [-0.3, -0.25) is 0 Å². The Balaban J connectivity index is 1.87. The van der Waals surface area contributed by atoms with Crippen LogP contribution >= 0.6 is 0 Å². The zero-order chi connectivity index (χ0) is 13.2. The van der Waals surface area contributed by atoms with Gasteiger partial charge in [0, 0.05) is 12.4 Å². The van der Waals surface area contributed by atoms with E-state index in [-0.39, 0.29) is 11.9 Å². The Morgan fingerprint density at radius 2 is 2.05 bits per heavy atom. The number of rotatable bonds is 2. The standard InChI is InChI=1S/C15H16FN3/c1-10-8-17-15(18-9-10)19-14-4-2-3-11-5-6-12(16)7-13(11)14/h5-9,14H,2-4H2,1H3,(H,17,18,19). The van der Waals surface area contributed by atoms with Crippen LogP contribution in [-0.2, 0) is 6.42 Å². The van der Waals surface area contributed by atoms with Crippen LogP contribution in [0.25, 0.3) is 0 Å². The van der Waals surface area contributed by atoms with E-state index in [4.69, 9.17) is 0 Å². The lowest BCUT2D eigenvalue weighted by Crippen LogP contribution is -2.18. The zero-order valence-corrected chi connectivity index (χ0v) is 10.9. The Kier molecular flexibility index (Phi) is 3.15. The van der Waals surface area contributed by atoms with E-state index >= 15 is 0 Å². The maximum atomic E-state index is 13.4. The number of benzene rings is 1. The van der Waals surface area contributed by atoms with Crippen LogP contribution in [0.3, 0.4) is 0 Å². The van der Waals surface area contributed by atoms with Gasteiger partial charge in [-0.05, 0) is 55.0 Å². The van der Waals surface area contributed by atoms with Gasteiger partial charge >= 0.3 is 0 Å². The second kappa shape index (κ2) is 4.96. The molecule has 0 amide bonds. The first-order chi connectivity index (χ1) is 9.22. The van der Waals surface area contributed by atoms with Crippen LogP contribution in [-0.4, -0.2) is 9.97 Å². The van der Waals surface area contributed by atoms with Gasteiger partial charge in [0.15, 0.2) is 0 Å². The number of aryl methyl sites for hydroxylation is 2. The number of nitrogens with one attached hydrogen (secondary N) is 1. The fourth-order valence-corrected chi connectivity index (χ4v) is 2.54. The molecule has 0 saturated heterocycles. The molecule has 0 saturated carbocycles. The summed E-state index contributed by atoms with van der Waals surface area (Å²) < 4.78 is 13.4. The number of nitrogens with zero attached hydrogens (tertiary/aromatic N) is 2. The largest absolute Gasteiger partial charge is 0.347 e. The van der Waals surface area contributed by atoms with Gasteiger partial charge in [0.1, 0.15) is 5.82 Å². The summed E-state index contributed by atoms with van der Waals surface area (Å²) >= 11 is 0. The third kappa shape index (κ3) is 2.57. The van der Waals surface area contributed by atoms with E-state index in [1.165, 1.54) is 11.6 Å². The molecule has 4 heteroatoms. The summed E-state index contributed by atoms with van der Waals surface area (Å²) in [6.45, 7) is 1.95. The van der Waals surface area contributed by atoms with E-state index in [9.17, 15) is 4.39 Å². The molecule has 0 spiro atoms. The molecule has 1 aromatic carbocycles. The van der Waals surface area contributed by atoms with Gasteiger partial charge in [-0.1, -0.05) is 6.07 Å². The Morgan fingerprint density at radius 3 is 2.84 bits per heavy atom. The van der Waals surface area contributed by atoms with Crippen molar-refractivity contribution in [2.24, 2.45) is 0 Å². The Hall–Kier alpha value is -1.97. The van der Waals surface area contributed by atoms with Crippen LogP contribution in [0.2, 0.25) is 0 Å². The smallest absolute Gasteiger partial charge is 0.223 e. The van der Waals surface area contributed by atoms with E-state index in [1.807, 2.05) is 13.0 Å². The van der Waals surface area contributed by atoms with Gasteiger partial charge in [0.05, 0.1) is 6.04 Å². The lowest BCUT2D eigenvalue weighted by Gasteiger charge is -2.26. The lowest BCUT2D eigenvalue weighted by molar-refractivity contribution is 0.577. The number of hydrogen-bond donors (Lipinski definition) is 1. The van der Waals surface area contributed by atoms with Crippen molar-refractivity contribution in [3.8, 4) is 0 Å². The normalized spacial score (nSPS) is 17.9. The summed E-state index contributed by atoms with van der Waals surface area (Å²) in [7, 11) is 0. The average molecular weight is 257 g/mol. The van der Waals surface area contributed by atoms with E-state index in [2.05, 4.69) is 15.3 Å². The molecule has 0 radical (unpaired) electrons. The molecule has 1 N–H and O–H groups in total. The van der Waals surface area contributed by atoms with Crippen molar-refractivity contribution in [1.82, 2.24) is 9.97 Å². The molecule has 19 heavy (non-hydrogen) atoms. The van der Waals surface area contributed by atoms with E-state index in [0.29, 0.717) is 5.95 Å². The van der Waals surface area contributed by atoms with Crippen LogP contribution < -0.4 is 5.32 Å². The van der Waals surface area contributed by atoms with Crippen LogP contribution in [0.15, 0.2) is 30.6 Å². The van der Waals surface area contributed by atoms with Gasteiger partial charge in [0.25, 0.3) is 0 Å². The number of anilines is 1. The number of halogens is 1. The molecular formula is C15H16FN3. The minimum absolute atomic E-state index is 0.0992. The van der Waals surface area contributed by atoms with Gasteiger partial charge in [-0.2, -0.15) is 0 Å². The van der Waals surface area contributed by atoms with Crippen LogP contribution in [0.4, 0.5) is 10.3 Å². The van der Waals surface area contributed by atoms with Gasteiger partial charge in [-0.25, -0.2) is 14.4 Å². The van der Waals surface area contributed by atoms with E-state index in [0.717, 1.165) is 30.4 Å². The van der Waals surface area contributed by atoms with Crippen molar-refractivity contribution in [1.29, 1.82) is 0 Å². The van der Waals surface area contributed by atoms with E-state index in [1.54, 1.807) is 18.5 Å². The number of hydrogen-bond acceptors (Lipinski definition) is 3. The number of aromatic nitrogens is 2. The highest BCUT2D eigenvalue weighted by molar-refractivity contribution is 5.38. The highest BCUT2D eigenvalue weighted by atomic mass is 19.1. The minimum atomic E-state index is -0.183. The molecule has 1 heterocycles. The second-order valence-electron chi connectivity index (χ2n) is 5.02. The van der Waals surface area contributed by atoms with Crippen molar-refractivity contribution in [2.45, 2.75) is 32.2 Å².